The van der Waals surface area contributed by atoms with Gasteiger partial charge >= 0.3 is 0 Å². The number of ether oxygens (including phenoxy) is 1. The summed E-state index contributed by atoms with van der Waals surface area (Å²) in [6, 6.07) is 13.9. The molecule has 0 amide bonds. The summed E-state index contributed by atoms with van der Waals surface area (Å²) in [6.45, 7) is 2.59. The molecule has 2 nitrogen and oxygen atoms in total. The molecule has 1 heterocycles. The fourth-order valence-electron chi connectivity index (χ4n) is 2.67. The molecule has 0 bridgehead atoms. The lowest BCUT2D eigenvalue weighted by molar-refractivity contribution is 0.0215. The van der Waals surface area contributed by atoms with E-state index in [2.05, 4.69) is 0 Å². The van der Waals surface area contributed by atoms with E-state index in [4.69, 9.17) is 4.74 Å². The van der Waals surface area contributed by atoms with Gasteiger partial charge in [-0.3, -0.25) is 4.79 Å². The van der Waals surface area contributed by atoms with Crippen molar-refractivity contribution in [3.8, 4) is 0 Å². The van der Waals surface area contributed by atoms with Crippen LogP contribution < -0.4 is 0 Å². The van der Waals surface area contributed by atoms with E-state index in [1.807, 2.05) is 49.4 Å². The highest BCUT2D eigenvalue weighted by molar-refractivity contribution is 6.11. The summed E-state index contributed by atoms with van der Waals surface area (Å²) >= 11 is 0. The Morgan fingerprint density at radius 2 is 1.94 bits per heavy atom. The summed E-state index contributed by atoms with van der Waals surface area (Å²) in [6.07, 6.45) is 1.78. The van der Waals surface area contributed by atoms with Gasteiger partial charge in [0.1, 0.15) is 5.60 Å². The van der Waals surface area contributed by atoms with Crippen molar-refractivity contribution in [1.82, 2.24) is 0 Å². The first kappa shape index (κ1) is 11.4. The molecule has 1 aliphatic rings. The molecule has 0 aliphatic carbocycles. The van der Waals surface area contributed by atoms with Crippen LogP contribution >= 0.6 is 0 Å². The van der Waals surface area contributed by atoms with E-state index >= 15 is 0 Å². The molecule has 2 aromatic carbocycles. The maximum atomic E-state index is 12.7. The SMILES string of the molecule is CC1(C(=O)c2cccc3ccccc23)CCCO1. The number of hydrogen-bond acceptors (Lipinski definition) is 2. The van der Waals surface area contributed by atoms with E-state index in [0.29, 0.717) is 6.61 Å². The smallest absolute Gasteiger partial charge is 0.194 e. The average molecular weight is 240 g/mol. The van der Waals surface area contributed by atoms with Crippen LogP contribution in [0.25, 0.3) is 10.8 Å². The zero-order chi connectivity index (χ0) is 12.6. The third-order valence-electron chi connectivity index (χ3n) is 3.73. The second-order valence-electron chi connectivity index (χ2n) is 5.04. The van der Waals surface area contributed by atoms with Crippen molar-refractivity contribution in [1.29, 1.82) is 0 Å². The first-order valence-corrected chi connectivity index (χ1v) is 6.37. The summed E-state index contributed by atoms with van der Waals surface area (Å²) < 4.78 is 5.66. The predicted octanol–water partition coefficient (Wildman–Crippen LogP) is 3.59. The van der Waals surface area contributed by atoms with E-state index in [-0.39, 0.29) is 5.78 Å². The minimum absolute atomic E-state index is 0.108. The Bertz CT molecular complexity index is 590. The van der Waals surface area contributed by atoms with Gasteiger partial charge in [0.15, 0.2) is 5.78 Å². The first-order chi connectivity index (χ1) is 8.71. The molecule has 1 atom stereocenters. The van der Waals surface area contributed by atoms with Crippen molar-refractivity contribution in [3.05, 3.63) is 48.0 Å². The molecular weight excluding hydrogens is 224 g/mol. The lowest BCUT2D eigenvalue weighted by Gasteiger charge is -2.22. The minimum atomic E-state index is -0.635. The largest absolute Gasteiger partial charge is 0.367 e. The third-order valence-corrected chi connectivity index (χ3v) is 3.73. The second kappa shape index (κ2) is 4.21. The van der Waals surface area contributed by atoms with E-state index in [1.165, 1.54) is 0 Å². The van der Waals surface area contributed by atoms with Gasteiger partial charge in [0, 0.05) is 12.2 Å². The Morgan fingerprint density at radius 1 is 1.17 bits per heavy atom. The van der Waals surface area contributed by atoms with Crippen LogP contribution in [0.3, 0.4) is 0 Å². The topological polar surface area (TPSA) is 26.3 Å². The molecule has 0 spiro atoms. The summed E-state index contributed by atoms with van der Waals surface area (Å²) in [5.74, 6) is 0.108. The van der Waals surface area contributed by atoms with Crippen LogP contribution in [0.2, 0.25) is 0 Å². The van der Waals surface area contributed by atoms with Crippen LogP contribution in [0.4, 0.5) is 0 Å². The van der Waals surface area contributed by atoms with Crippen molar-refractivity contribution in [2.45, 2.75) is 25.4 Å². The van der Waals surface area contributed by atoms with Gasteiger partial charge in [-0.2, -0.15) is 0 Å². The zero-order valence-corrected chi connectivity index (χ0v) is 10.5. The highest BCUT2D eigenvalue weighted by Crippen LogP contribution is 2.31. The number of carbonyl (C=O) groups excluding carboxylic acids is 1. The Labute approximate surface area is 107 Å². The molecule has 92 valence electrons. The number of fused-ring (bicyclic) bond motifs is 1. The molecule has 0 saturated carbocycles. The van der Waals surface area contributed by atoms with Crippen LogP contribution in [-0.4, -0.2) is 18.0 Å². The van der Waals surface area contributed by atoms with Gasteiger partial charge in [-0.05, 0) is 30.5 Å². The van der Waals surface area contributed by atoms with E-state index < -0.39 is 5.60 Å². The Hall–Kier alpha value is -1.67. The second-order valence-corrected chi connectivity index (χ2v) is 5.04. The number of carbonyl (C=O) groups is 1. The van der Waals surface area contributed by atoms with E-state index in [0.717, 1.165) is 29.2 Å². The molecule has 1 aliphatic heterocycles. The van der Waals surface area contributed by atoms with Gasteiger partial charge in [0.05, 0.1) is 0 Å². The molecule has 1 saturated heterocycles. The van der Waals surface area contributed by atoms with Gasteiger partial charge in [0.25, 0.3) is 0 Å². The third kappa shape index (κ3) is 1.73. The predicted molar refractivity (Wildman–Crippen MR) is 71.9 cm³/mol. The number of Topliss-reactive ketones (excluding diaryl/α,β-unsaturated/α-hetero) is 1. The van der Waals surface area contributed by atoms with Crippen molar-refractivity contribution in [3.63, 3.8) is 0 Å². The quantitative estimate of drug-likeness (QED) is 0.750. The monoisotopic (exact) mass is 240 g/mol. The first-order valence-electron chi connectivity index (χ1n) is 6.37. The Morgan fingerprint density at radius 3 is 2.72 bits per heavy atom. The van der Waals surface area contributed by atoms with E-state index in [9.17, 15) is 4.79 Å². The normalized spacial score (nSPS) is 23.4. The highest BCUT2D eigenvalue weighted by Gasteiger charge is 2.38. The molecule has 2 aromatic rings. The van der Waals surface area contributed by atoms with Crippen LogP contribution in [0, 0.1) is 0 Å². The highest BCUT2D eigenvalue weighted by atomic mass is 16.5. The van der Waals surface area contributed by atoms with E-state index in [1.54, 1.807) is 0 Å². The van der Waals surface area contributed by atoms with Crippen LogP contribution in [0.15, 0.2) is 42.5 Å². The molecular formula is C16H16O2. The zero-order valence-electron chi connectivity index (χ0n) is 10.5. The molecule has 3 rings (SSSR count). The molecule has 2 heteroatoms. The molecule has 1 fully saturated rings. The number of rotatable bonds is 2. The minimum Gasteiger partial charge on any atom is -0.367 e. The van der Waals surface area contributed by atoms with Crippen molar-refractivity contribution >= 4 is 16.6 Å². The fraction of sp³-hybridized carbons (Fsp3) is 0.312. The molecule has 0 N–H and O–H groups in total. The fourth-order valence-corrected chi connectivity index (χ4v) is 2.67. The van der Waals surface area contributed by atoms with Crippen LogP contribution in [0.5, 0.6) is 0 Å². The summed E-state index contributed by atoms with van der Waals surface area (Å²) in [7, 11) is 0. The summed E-state index contributed by atoms with van der Waals surface area (Å²) in [4.78, 5) is 12.7. The molecule has 1 unspecified atom stereocenters. The standard InChI is InChI=1S/C16H16O2/c1-16(10-5-11-18-16)15(17)14-9-4-7-12-6-2-3-8-13(12)14/h2-4,6-9H,5,10-11H2,1H3. The van der Waals surface area contributed by atoms with Crippen LogP contribution in [0.1, 0.15) is 30.1 Å². The number of ketones is 1. The number of benzene rings is 2. The van der Waals surface area contributed by atoms with Gasteiger partial charge in [-0.25, -0.2) is 0 Å². The lowest BCUT2D eigenvalue weighted by atomic mass is 9.89. The van der Waals surface area contributed by atoms with Crippen molar-refractivity contribution in [2.24, 2.45) is 0 Å². The Balaban J connectivity index is 2.12. The summed E-state index contributed by atoms with van der Waals surface area (Å²) in [5, 5.41) is 2.12. The molecule has 0 radical (unpaired) electrons. The van der Waals surface area contributed by atoms with Crippen molar-refractivity contribution in [2.75, 3.05) is 6.61 Å². The number of hydrogen-bond donors (Lipinski definition) is 0. The average Bonchev–Trinajstić information content (AvgIpc) is 2.85. The lowest BCUT2D eigenvalue weighted by Crippen LogP contribution is -2.34. The summed E-state index contributed by atoms with van der Waals surface area (Å²) in [5.41, 5.74) is 0.141. The maximum Gasteiger partial charge on any atom is 0.194 e. The molecule has 18 heavy (non-hydrogen) atoms. The van der Waals surface area contributed by atoms with Gasteiger partial charge in [-0.15, -0.1) is 0 Å². The Kier molecular flexibility index (Phi) is 2.67. The molecule has 0 aromatic heterocycles. The van der Waals surface area contributed by atoms with Gasteiger partial charge in [-0.1, -0.05) is 42.5 Å². The van der Waals surface area contributed by atoms with Gasteiger partial charge in [0.2, 0.25) is 0 Å². The van der Waals surface area contributed by atoms with Crippen molar-refractivity contribution < 1.29 is 9.53 Å². The van der Waals surface area contributed by atoms with Crippen LogP contribution in [-0.2, 0) is 4.74 Å². The maximum absolute atomic E-state index is 12.7. The van der Waals surface area contributed by atoms with Gasteiger partial charge < -0.3 is 4.74 Å².